The first-order valence-corrected chi connectivity index (χ1v) is 8.47. The van der Waals surface area contributed by atoms with Crippen molar-refractivity contribution in [3.05, 3.63) is 17.7 Å². The number of nitrogens with one attached hydrogen (secondary N) is 3. The number of ether oxygens (including phenoxy) is 3. The van der Waals surface area contributed by atoms with Gasteiger partial charge in [-0.05, 0) is 17.7 Å². The molecule has 0 saturated carbocycles. The predicted octanol–water partition coefficient (Wildman–Crippen LogP) is 1.15. The SMILES string of the molecule is CN=C(NCCNC(=O)C(C)C)NCc1cc(OC)c(OC)c(OC)c1. The molecule has 0 aromatic heterocycles. The molecule has 0 aliphatic rings. The van der Waals surface area contributed by atoms with Gasteiger partial charge in [-0.2, -0.15) is 0 Å². The van der Waals surface area contributed by atoms with Crippen molar-refractivity contribution in [1.82, 2.24) is 16.0 Å². The molecule has 0 unspecified atom stereocenters. The Kier molecular flexibility index (Phi) is 9.11. The molecule has 1 aromatic carbocycles. The molecular weight excluding hydrogens is 336 g/mol. The normalized spacial score (nSPS) is 11.1. The number of carbonyl (C=O) groups excluding carboxylic acids is 1. The van der Waals surface area contributed by atoms with Crippen LogP contribution in [0.4, 0.5) is 0 Å². The van der Waals surface area contributed by atoms with Gasteiger partial charge >= 0.3 is 0 Å². The van der Waals surface area contributed by atoms with E-state index < -0.39 is 0 Å². The summed E-state index contributed by atoms with van der Waals surface area (Å²) < 4.78 is 16.0. The van der Waals surface area contributed by atoms with Crippen LogP contribution in [0.3, 0.4) is 0 Å². The Bertz CT molecular complexity index is 592. The molecule has 0 aliphatic carbocycles. The Balaban J connectivity index is 2.59. The minimum atomic E-state index is -0.0209. The van der Waals surface area contributed by atoms with Crippen LogP contribution in [0.5, 0.6) is 17.2 Å². The minimum Gasteiger partial charge on any atom is -0.493 e. The number of nitrogens with zero attached hydrogens (tertiary/aromatic N) is 1. The van der Waals surface area contributed by atoms with E-state index in [9.17, 15) is 4.79 Å². The highest BCUT2D eigenvalue weighted by Crippen LogP contribution is 2.38. The third kappa shape index (κ3) is 6.34. The Hall–Kier alpha value is -2.64. The van der Waals surface area contributed by atoms with Crippen molar-refractivity contribution in [2.45, 2.75) is 20.4 Å². The number of aliphatic imine (C=N–C) groups is 1. The summed E-state index contributed by atoms with van der Waals surface area (Å²) in [6.45, 7) is 5.35. The molecule has 26 heavy (non-hydrogen) atoms. The van der Waals surface area contributed by atoms with Gasteiger partial charge < -0.3 is 30.2 Å². The minimum absolute atomic E-state index is 0.0209. The third-order valence-electron chi connectivity index (χ3n) is 3.65. The van der Waals surface area contributed by atoms with E-state index in [0.717, 1.165) is 5.56 Å². The van der Waals surface area contributed by atoms with Crippen LogP contribution in [-0.2, 0) is 11.3 Å². The first-order chi connectivity index (χ1) is 12.5. The maximum atomic E-state index is 11.5. The Morgan fingerprint density at radius 3 is 2.04 bits per heavy atom. The Morgan fingerprint density at radius 2 is 1.58 bits per heavy atom. The van der Waals surface area contributed by atoms with Gasteiger partial charge in [-0.1, -0.05) is 13.8 Å². The molecule has 0 radical (unpaired) electrons. The number of amides is 1. The molecule has 0 bridgehead atoms. The van der Waals surface area contributed by atoms with Crippen molar-refractivity contribution in [3.8, 4) is 17.2 Å². The second-order valence-corrected chi connectivity index (χ2v) is 5.83. The maximum Gasteiger partial charge on any atom is 0.222 e. The molecule has 146 valence electrons. The smallest absolute Gasteiger partial charge is 0.222 e. The van der Waals surface area contributed by atoms with Gasteiger partial charge in [0.25, 0.3) is 0 Å². The summed E-state index contributed by atoms with van der Waals surface area (Å²) in [5.74, 6) is 2.41. The van der Waals surface area contributed by atoms with Crippen molar-refractivity contribution in [2.75, 3.05) is 41.5 Å². The van der Waals surface area contributed by atoms with Gasteiger partial charge in [0.2, 0.25) is 11.7 Å². The maximum absolute atomic E-state index is 11.5. The van der Waals surface area contributed by atoms with Crippen LogP contribution < -0.4 is 30.2 Å². The predicted molar refractivity (Wildman–Crippen MR) is 102 cm³/mol. The molecule has 0 atom stereocenters. The highest BCUT2D eigenvalue weighted by molar-refractivity contribution is 5.80. The van der Waals surface area contributed by atoms with Gasteiger partial charge in [-0.25, -0.2) is 0 Å². The lowest BCUT2D eigenvalue weighted by Crippen LogP contribution is -2.41. The van der Waals surface area contributed by atoms with Gasteiger partial charge in [0.05, 0.1) is 21.3 Å². The van der Waals surface area contributed by atoms with Gasteiger partial charge in [-0.15, -0.1) is 0 Å². The van der Waals surface area contributed by atoms with Crippen molar-refractivity contribution in [2.24, 2.45) is 10.9 Å². The lowest BCUT2D eigenvalue weighted by molar-refractivity contribution is -0.123. The van der Waals surface area contributed by atoms with Crippen LogP contribution in [0.1, 0.15) is 19.4 Å². The summed E-state index contributed by atoms with van der Waals surface area (Å²) in [7, 11) is 6.43. The van der Waals surface area contributed by atoms with Crippen molar-refractivity contribution in [1.29, 1.82) is 0 Å². The van der Waals surface area contributed by atoms with E-state index >= 15 is 0 Å². The van der Waals surface area contributed by atoms with Crippen LogP contribution in [0.2, 0.25) is 0 Å². The fraction of sp³-hybridized carbons (Fsp3) is 0.556. The van der Waals surface area contributed by atoms with Crippen molar-refractivity contribution >= 4 is 11.9 Å². The van der Waals surface area contributed by atoms with Gasteiger partial charge in [0.15, 0.2) is 17.5 Å². The molecule has 1 amide bonds. The Morgan fingerprint density at radius 1 is 1.00 bits per heavy atom. The highest BCUT2D eigenvalue weighted by Gasteiger charge is 2.13. The fourth-order valence-electron chi connectivity index (χ4n) is 2.21. The molecule has 3 N–H and O–H groups in total. The Labute approximate surface area is 155 Å². The van der Waals surface area contributed by atoms with E-state index in [0.29, 0.717) is 42.8 Å². The number of guanidine groups is 1. The number of methoxy groups -OCH3 is 3. The van der Waals surface area contributed by atoms with E-state index in [1.54, 1.807) is 28.4 Å². The van der Waals surface area contributed by atoms with E-state index in [4.69, 9.17) is 14.2 Å². The van der Waals surface area contributed by atoms with Gasteiger partial charge in [0, 0.05) is 32.6 Å². The standard InChI is InChI=1S/C18H30N4O4/c1-12(2)17(23)20-7-8-21-18(19-3)22-11-13-9-14(24-4)16(26-6)15(10-13)25-5/h9-10,12H,7-8,11H2,1-6H3,(H,20,23)(H2,19,21,22). The molecule has 8 heteroatoms. The third-order valence-corrected chi connectivity index (χ3v) is 3.65. The molecule has 1 rings (SSSR count). The summed E-state index contributed by atoms with van der Waals surface area (Å²) in [5, 5.41) is 9.21. The van der Waals surface area contributed by atoms with E-state index in [1.807, 2.05) is 26.0 Å². The summed E-state index contributed by atoms with van der Waals surface area (Å²) in [4.78, 5) is 15.7. The largest absolute Gasteiger partial charge is 0.493 e. The molecule has 0 spiro atoms. The topological polar surface area (TPSA) is 93.2 Å². The average Bonchev–Trinajstić information content (AvgIpc) is 2.65. The summed E-state index contributed by atoms with van der Waals surface area (Å²) in [5.41, 5.74) is 0.954. The zero-order chi connectivity index (χ0) is 19.5. The van der Waals surface area contributed by atoms with Crippen molar-refractivity contribution in [3.63, 3.8) is 0 Å². The van der Waals surface area contributed by atoms with Crippen molar-refractivity contribution < 1.29 is 19.0 Å². The van der Waals surface area contributed by atoms with E-state index in [1.165, 1.54) is 0 Å². The first-order valence-electron chi connectivity index (χ1n) is 8.47. The zero-order valence-corrected chi connectivity index (χ0v) is 16.4. The highest BCUT2D eigenvalue weighted by atomic mass is 16.5. The van der Waals surface area contributed by atoms with Gasteiger partial charge in [0.1, 0.15) is 0 Å². The summed E-state index contributed by atoms with van der Waals surface area (Å²) in [6.07, 6.45) is 0. The number of benzene rings is 1. The lowest BCUT2D eigenvalue weighted by Gasteiger charge is -2.16. The quantitative estimate of drug-likeness (QED) is 0.345. The summed E-state index contributed by atoms with van der Waals surface area (Å²) in [6, 6.07) is 3.76. The lowest BCUT2D eigenvalue weighted by atomic mass is 10.2. The molecule has 0 aliphatic heterocycles. The summed E-state index contributed by atoms with van der Waals surface area (Å²) >= 11 is 0. The number of rotatable bonds is 9. The monoisotopic (exact) mass is 366 g/mol. The molecule has 8 nitrogen and oxygen atoms in total. The number of carbonyl (C=O) groups is 1. The molecule has 0 saturated heterocycles. The van der Waals surface area contributed by atoms with E-state index in [2.05, 4.69) is 20.9 Å². The van der Waals surface area contributed by atoms with Crippen LogP contribution in [0, 0.1) is 5.92 Å². The average molecular weight is 366 g/mol. The van der Waals surface area contributed by atoms with Crippen LogP contribution in [0.25, 0.3) is 0 Å². The molecule has 0 fully saturated rings. The van der Waals surface area contributed by atoms with Gasteiger partial charge in [-0.3, -0.25) is 9.79 Å². The van der Waals surface area contributed by atoms with Crippen LogP contribution >= 0.6 is 0 Å². The zero-order valence-electron chi connectivity index (χ0n) is 16.4. The van der Waals surface area contributed by atoms with E-state index in [-0.39, 0.29) is 11.8 Å². The number of hydrogen-bond donors (Lipinski definition) is 3. The fourth-order valence-corrected chi connectivity index (χ4v) is 2.21. The molecule has 1 aromatic rings. The van der Waals surface area contributed by atoms with Crippen LogP contribution in [-0.4, -0.2) is 53.3 Å². The second-order valence-electron chi connectivity index (χ2n) is 5.83. The molecule has 0 heterocycles. The first kappa shape index (κ1) is 21.4. The number of hydrogen-bond acceptors (Lipinski definition) is 5. The molecular formula is C18H30N4O4. The van der Waals surface area contributed by atoms with Crippen LogP contribution in [0.15, 0.2) is 17.1 Å². The second kappa shape index (κ2) is 11.1.